The Bertz CT molecular complexity index is 850. The highest BCUT2D eigenvalue weighted by Crippen LogP contribution is 2.28. The van der Waals surface area contributed by atoms with Crippen LogP contribution in [0.15, 0.2) is 42.5 Å². The molecule has 7 nitrogen and oxygen atoms in total. The van der Waals surface area contributed by atoms with Gasteiger partial charge in [-0.15, -0.1) is 0 Å². The van der Waals surface area contributed by atoms with Crippen LogP contribution in [0.1, 0.15) is 33.6 Å². The Morgan fingerprint density at radius 2 is 1.74 bits per heavy atom. The molecule has 2 rings (SSSR count). The summed E-state index contributed by atoms with van der Waals surface area (Å²) in [6, 6.07) is 9.31. The van der Waals surface area contributed by atoms with Gasteiger partial charge in [0.15, 0.2) is 5.78 Å². The van der Waals surface area contributed by atoms with E-state index in [2.05, 4.69) is 0 Å². The van der Waals surface area contributed by atoms with Gasteiger partial charge in [0.05, 0.1) is 17.1 Å². The number of rotatable bonds is 8. The van der Waals surface area contributed by atoms with E-state index in [1.807, 2.05) is 0 Å². The van der Waals surface area contributed by atoms with E-state index in [0.29, 0.717) is 17.7 Å². The maximum atomic E-state index is 12.8. The number of benzene rings is 2. The second-order valence-electron chi connectivity index (χ2n) is 6.02. The predicted octanol–water partition coefficient (Wildman–Crippen LogP) is 3.62. The molecule has 0 N–H and O–H groups in total. The fraction of sp³-hybridized carbons (Fsp3) is 0.263. The number of hydrogen-bond acceptors (Lipinski definition) is 6. The van der Waals surface area contributed by atoms with Crippen LogP contribution in [0.2, 0.25) is 0 Å². The number of carbonyl (C=O) groups is 2. The number of ketones is 1. The molecule has 0 unspecified atom stereocenters. The largest absolute Gasteiger partial charge is 0.462 e. The molecule has 27 heavy (non-hydrogen) atoms. The number of halogens is 1. The Labute approximate surface area is 155 Å². The lowest BCUT2D eigenvalue weighted by molar-refractivity contribution is -0.384. The third-order valence-electron chi connectivity index (χ3n) is 3.84. The van der Waals surface area contributed by atoms with Gasteiger partial charge in [-0.3, -0.25) is 14.9 Å². The van der Waals surface area contributed by atoms with Crippen molar-refractivity contribution in [1.82, 2.24) is 0 Å². The van der Waals surface area contributed by atoms with E-state index in [0.717, 1.165) is 0 Å². The van der Waals surface area contributed by atoms with Gasteiger partial charge in [-0.2, -0.15) is 0 Å². The molecule has 0 aromatic heterocycles. The molecule has 0 heterocycles. The van der Waals surface area contributed by atoms with Crippen LogP contribution in [-0.2, 0) is 4.74 Å². The van der Waals surface area contributed by atoms with E-state index in [4.69, 9.17) is 4.74 Å². The van der Waals surface area contributed by atoms with Crippen molar-refractivity contribution in [2.75, 3.05) is 25.6 Å². The van der Waals surface area contributed by atoms with Crippen molar-refractivity contribution in [3.63, 3.8) is 0 Å². The molecule has 0 fully saturated rings. The van der Waals surface area contributed by atoms with Crippen LogP contribution in [0, 0.1) is 15.9 Å². The Morgan fingerprint density at radius 1 is 1.11 bits per heavy atom. The molecule has 142 valence electrons. The highest BCUT2D eigenvalue weighted by Gasteiger charge is 2.19. The molecule has 0 radical (unpaired) electrons. The van der Waals surface area contributed by atoms with Gasteiger partial charge in [0.2, 0.25) is 0 Å². The summed E-state index contributed by atoms with van der Waals surface area (Å²) in [5.41, 5.74) is 0.636. The average molecular weight is 374 g/mol. The molecule has 0 aliphatic carbocycles. The molecular formula is C19H19FN2O5. The predicted molar refractivity (Wildman–Crippen MR) is 97.7 cm³/mol. The first-order chi connectivity index (χ1) is 12.8. The van der Waals surface area contributed by atoms with Gasteiger partial charge in [-0.1, -0.05) is 0 Å². The molecular weight excluding hydrogens is 355 g/mol. The number of anilines is 1. The molecule has 0 aliphatic heterocycles. The monoisotopic (exact) mass is 374 g/mol. The maximum Gasteiger partial charge on any atom is 0.338 e. The maximum absolute atomic E-state index is 12.8. The van der Waals surface area contributed by atoms with Gasteiger partial charge in [0, 0.05) is 32.1 Å². The second-order valence-corrected chi connectivity index (χ2v) is 6.02. The Hall–Kier alpha value is -3.29. The van der Waals surface area contributed by atoms with Crippen LogP contribution in [0.25, 0.3) is 0 Å². The van der Waals surface area contributed by atoms with E-state index in [9.17, 15) is 24.1 Å². The van der Waals surface area contributed by atoms with Crippen LogP contribution in [0.5, 0.6) is 0 Å². The zero-order chi connectivity index (χ0) is 20.0. The van der Waals surface area contributed by atoms with Crippen molar-refractivity contribution in [3.05, 3.63) is 69.5 Å². The molecule has 2 aromatic rings. The number of nitro groups is 1. The summed E-state index contributed by atoms with van der Waals surface area (Å²) >= 11 is 0. The lowest BCUT2D eigenvalue weighted by atomic mass is 10.1. The second kappa shape index (κ2) is 8.88. The van der Waals surface area contributed by atoms with Crippen molar-refractivity contribution in [1.29, 1.82) is 0 Å². The standard InChI is InChI=1S/C19H19FN2O5/c1-21(2)16-10-7-14(12-17(16)22(25)26)19(24)27-11-3-4-18(23)13-5-8-15(20)9-6-13/h5-10,12H,3-4,11H2,1-2H3. The lowest BCUT2D eigenvalue weighted by Gasteiger charge is -2.13. The van der Waals surface area contributed by atoms with Crippen LogP contribution in [0.3, 0.4) is 0 Å². The molecule has 0 aliphatic rings. The number of carbonyl (C=O) groups excluding carboxylic acids is 2. The van der Waals surface area contributed by atoms with Crippen LogP contribution >= 0.6 is 0 Å². The SMILES string of the molecule is CN(C)c1ccc(C(=O)OCCCC(=O)c2ccc(F)cc2)cc1[N+](=O)[O-]. The third-order valence-corrected chi connectivity index (χ3v) is 3.84. The zero-order valence-electron chi connectivity index (χ0n) is 15.0. The fourth-order valence-corrected chi connectivity index (χ4v) is 2.44. The highest BCUT2D eigenvalue weighted by atomic mass is 19.1. The highest BCUT2D eigenvalue weighted by molar-refractivity contribution is 5.96. The zero-order valence-corrected chi connectivity index (χ0v) is 15.0. The van der Waals surface area contributed by atoms with E-state index < -0.39 is 16.7 Å². The fourth-order valence-electron chi connectivity index (χ4n) is 2.44. The number of esters is 1. The third kappa shape index (κ3) is 5.34. The minimum Gasteiger partial charge on any atom is -0.462 e. The van der Waals surface area contributed by atoms with Gasteiger partial charge in [-0.05, 0) is 42.8 Å². The van der Waals surface area contributed by atoms with Crippen molar-refractivity contribution < 1.29 is 23.6 Å². The molecule has 0 saturated heterocycles. The summed E-state index contributed by atoms with van der Waals surface area (Å²) < 4.78 is 17.9. The van der Waals surface area contributed by atoms with Gasteiger partial charge in [0.25, 0.3) is 5.69 Å². The van der Waals surface area contributed by atoms with Crippen molar-refractivity contribution in [2.45, 2.75) is 12.8 Å². The number of nitro benzene ring substituents is 1. The van der Waals surface area contributed by atoms with Gasteiger partial charge >= 0.3 is 5.97 Å². The molecule has 0 bridgehead atoms. The van der Waals surface area contributed by atoms with Gasteiger partial charge in [-0.25, -0.2) is 9.18 Å². The number of nitrogens with zero attached hydrogens (tertiary/aromatic N) is 2. The van der Waals surface area contributed by atoms with Gasteiger partial charge in [0.1, 0.15) is 11.5 Å². The van der Waals surface area contributed by atoms with Crippen LogP contribution < -0.4 is 4.90 Å². The van der Waals surface area contributed by atoms with Crippen molar-refractivity contribution in [2.24, 2.45) is 0 Å². The smallest absolute Gasteiger partial charge is 0.338 e. The number of Topliss-reactive ketones (excluding diaryl/α,β-unsaturated/α-hetero) is 1. The molecule has 0 atom stereocenters. The minimum absolute atomic E-state index is 0.00496. The van der Waals surface area contributed by atoms with Crippen LogP contribution in [0.4, 0.5) is 15.8 Å². The van der Waals surface area contributed by atoms with Gasteiger partial charge < -0.3 is 9.64 Å². The number of hydrogen-bond donors (Lipinski definition) is 0. The first-order valence-corrected chi connectivity index (χ1v) is 8.21. The number of ether oxygens (including phenoxy) is 1. The minimum atomic E-state index is -0.697. The first kappa shape index (κ1) is 20.0. The quantitative estimate of drug-likeness (QED) is 0.230. The van der Waals surface area contributed by atoms with E-state index in [1.54, 1.807) is 19.0 Å². The summed E-state index contributed by atoms with van der Waals surface area (Å²) in [6.07, 6.45) is 0.429. The normalized spacial score (nSPS) is 10.3. The van der Waals surface area contributed by atoms with E-state index in [-0.39, 0.29) is 30.1 Å². The summed E-state index contributed by atoms with van der Waals surface area (Å²) in [7, 11) is 3.33. The topological polar surface area (TPSA) is 89.8 Å². The Kier molecular flexibility index (Phi) is 6.59. The Morgan fingerprint density at radius 3 is 2.33 bits per heavy atom. The van der Waals surface area contributed by atoms with E-state index >= 15 is 0 Å². The lowest BCUT2D eigenvalue weighted by Crippen LogP contribution is -2.13. The van der Waals surface area contributed by atoms with Crippen LogP contribution in [-0.4, -0.2) is 37.4 Å². The summed E-state index contributed by atoms with van der Waals surface area (Å²) in [4.78, 5) is 36.2. The van der Waals surface area contributed by atoms with E-state index in [1.165, 1.54) is 42.5 Å². The average Bonchev–Trinajstić information content (AvgIpc) is 2.64. The molecule has 0 saturated carbocycles. The molecule has 2 aromatic carbocycles. The summed E-state index contributed by atoms with van der Waals surface area (Å²) in [6.45, 7) is -0.00496. The molecule has 0 amide bonds. The molecule has 0 spiro atoms. The molecule has 8 heteroatoms. The summed E-state index contributed by atoms with van der Waals surface area (Å²) in [5, 5.41) is 11.2. The van der Waals surface area contributed by atoms with Crippen molar-refractivity contribution >= 4 is 23.1 Å². The first-order valence-electron chi connectivity index (χ1n) is 8.21. The Balaban J connectivity index is 1.90. The summed E-state index contributed by atoms with van der Waals surface area (Å²) in [5.74, 6) is -1.30. The van der Waals surface area contributed by atoms with Crippen molar-refractivity contribution in [3.8, 4) is 0 Å².